The van der Waals surface area contributed by atoms with E-state index in [0.717, 1.165) is 37.4 Å². The number of amides is 1. The van der Waals surface area contributed by atoms with Gasteiger partial charge in [0.25, 0.3) is 0 Å². The number of thiazole rings is 1. The molecule has 4 rings (SSSR count). The summed E-state index contributed by atoms with van der Waals surface area (Å²) in [7, 11) is 0. The van der Waals surface area contributed by atoms with E-state index in [1.165, 1.54) is 12.1 Å². The molecule has 0 unspecified atom stereocenters. The highest BCUT2D eigenvalue weighted by Gasteiger charge is 2.39. The molecular weight excluding hydrogens is 465 g/mol. The summed E-state index contributed by atoms with van der Waals surface area (Å²) in [6.07, 6.45) is -2.46. The first-order valence-corrected chi connectivity index (χ1v) is 11.7. The molecular formula is C21H24ClF3N4O2S. The molecule has 1 aromatic heterocycles. The number of carbonyl (C=O) groups excluding carboxylic acids is 1. The van der Waals surface area contributed by atoms with E-state index in [9.17, 15) is 23.1 Å². The summed E-state index contributed by atoms with van der Waals surface area (Å²) in [5.41, 5.74) is -2.19. The van der Waals surface area contributed by atoms with Crippen LogP contribution in [0, 0.1) is 0 Å². The van der Waals surface area contributed by atoms with Gasteiger partial charge in [-0.2, -0.15) is 13.2 Å². The summed E-state index contributed by atoms with van der Waals surface area (Å²) in [5.74, 6) is -0.0261. The smallest absolute Gasteiger partial charge is 0.385 e. The number of piperazine rings is 1. The van der Waals surface area contributed by atoms with E-state index in [0.29, 0.717) is 19.6 Å². The van der Waals surface area contributed by atoms with Gasteiger partial charge in [-0.05, 0) is 30.5 Å². The van der Waals surface area contributed by atoms with Crippen LogP contribution < -0.4 is 4.90 Å². The highest BCUT2D eigenvalue weighted by molar-refractivity contribution is 7.13. The number of aliphatic hydroxyl groups is 1. The quantitative estimate of drug-likeness (QED) is 0.714. The van der Waals surface area contributed by atoms with Gasteiger partial charge in [0.2, 0.25) is 5.91 Å². The number of rotatable bonds is 4. The SMILES string of the molecule is O=C(CN1CCN(c2nccs2)CC1)N1CCC(O)(c2ccc(Cl)c(C(F)(F)F)c2)CC1. The van der Waals surface area contributed by atoms with E-state index in [1.54, 1.807) is 22.4 Å². The molecule has 32 heavy (non-hydrogen) atoms. The number of carbonyl (C=O) groups is 1. The molecule has 3 heterocycles. The summed E-state index contributed by atoms with van der Waals surface area (Å²) in [6.45, 7) is 4.00. The Kier molecular flexibility index (Phi) is 6.67. The molecule has 11 heteroatoms. The normalized spacial score (nSPS) is 19.9. The first-order valence-electron chi connectivity index (χ1n) is 10.4. The van der Waals surface area contributed by atoms with Crippen LogP contribution in [0.25, 0.3) is 0 Å². The molecule has 2 aliphatic rings. The third-order valence-corrected chi connectivity index (χ3v) is 7.34. The molecule has 2 aromatic rings. The molecule has 0 spiro atoms. The number of piperidine rings is 1. The number of likely N-dealkylation sites (tertiary alicyclic amines) is 1. The molecule has 0 radical (unpaired) electrons. The Bertz CT molecular complexity index is 941. The first kappa shape index (κ1) is 23.3. The molecule has 0 bridgehead atoms. The molecule has 0 saturated carbocycles. The summed E-state index contributed by atoms with van der Waals surface area (Å²) < 4.78 is 39.6. The van der Waals surface area contributed by atoms with Crippen LogP contribution >= 0.6 is 22.9 Å². The number of anilines is 1. The van der Waals surface area contributed by atoms with E-state index in [-0.39, 0.29) is 24.3 Å². The lowest BCUT2D eigenvalue weighted by Crippen LogP contribution is -2.52. The van der Waals surface area contributed by atoms with Gasteiger partial charge < -0.3 is 14.9 Å². The second kappa shape index (κ2) is 9.17. The summed E-state index contributed by atoms with van der Waals surface area (Å²) in [6, 6.07) is 3.51. The molecule has 174 valence electrons. The van der Waals surface area contributed by atoms with Crippen molar-refractivity contribution in [3.05, 3.63) is 45.9 Å². The Morgan fingerprint density at radius 1 is 1.16 bits per heavy atom. The van der Waals surface area contributed by atoms with Crippen LogP contribution in [0.2, 0.25) is 5.02 Å². The second-order valence-corrected chi connectivity index (χ2v) is 9.46. The molecule has 2 aliphatic heterocycles. The number of halogens is 4. The van der Waals surface area contributed by atoms with Gasteiger partial charge in [0.1, 0.15) is 0 Å². The van der Waals surface area contributed by atoms with E-state index in [4.69, 9.17) is 11.6 Å². The highest BCUT2D eigenvalue weighted by atomic mass is 35.5. The van der Waals surface area contributed by atoms with Crippen LogP contribution in [0.1, 0.15) is 24.0 Å². The monoisotopic (exact) mass is 488 g/mol. The minimum Gasteiger partial charge on any atom is -0.385 e. The fourth-order valence-electron chi connectivity index (χ4n) is 4.21. The van der Waals surface area contributed by atoms with Crippen molar-refractivity contribution in [1.29, 1.82) is 0 Å². The number of nitrogens with zero attached hydrogens (tertiary/aromatic N) is 4. The van der Waals surface area contributed by atoms with E-state index < -0.39 is 22.4 Å². The largest absolute Gasteiger partial charge is 0.417 e. The van der Waals surface area contributed by atoms with Gasteiger partial charge in [-0.25, -0.2) is 4.98 Å². The number of benzene rings is 1. The van der Waals surface area contributed by atoms with E-state index in [1.807, 2.05) is 5.38 Å². The van der Waals surface area contributed by atoms with Crippen LogP contribution in [0.5, 0.6) is 0 Å². The van der Waals surface area contributed by atoms with Gasteiger partial charge in [-0.3, -0.25) is 9.69 Å². The van der Waals surface area contributed by atoms with Gasteiger partial charge in [-0.15, -0.1) is 11.3 Å². The summed E-state index contributed by atoms with van der Waals surface area (Å²) in [4.78, 5) is 23.1. The number of hydrogen-bond acceptors (Lipinski definition) is 6. The molecule has 2 fully saturated rings. The maximum Gasteiger partial charge on any atom is 0.417 e. The van der Waals surface area contributed by atoms with Crippen LogP contribution in [-0.4, -0.2) is 71.6 Å². The topological polar surface area (TPSA) is 59.9 Å². The first-order chi connectivity index (χ1) is 15.2. The predicted molar refractivity (Wildman–Crippen MR) is 117 cm³/mol. The van der Waals surface area contributed by atoms with Crippen molar-refractivity contribution in [1.82, 2.24) is 14.8 Å². The third kappa shape index (κ3) is 5.03. The second-order valence-electron chi connectivity index (χ2n) is 8.18. The average molecular weight is 489 g/mol. The minimum absolute atomic E-state index is 0.0261. The van der Waals surface area contributed by atoms with Crippen molar-refractivity contribution in [2.45, 2.75) is 24.6 Å². The fraction of sp³-hybridized carbons (Fsp3) is 0.524. The molecule has 1 N–H and O–H groups in total. The van der Waals surface area contributed by atoms with E-state index in [2.05, 4.69) is 14.8 Å². The Balaban J connectivity index is 1.31. The predicted octanol–water partition coefficient (Wildman–Crippen LogP) is 3.45. The minimum atomic E-state index is -4.59. The number of alkyl halides is 3. The number of aromatic nitrogens is 1. The highest BCUT2D eigenvalue weighted by Crippen LogP contribution is 2.40. The van der Waals surface area contributed by atoms with Crippen LogP contribution in [-0.2, 0) is 16.6 Å². The van der Waals surface area contributed by atoms with Gasteiger partial charge in [0.15, 0.2) is 5.13 Å². The number of hydrogen-bond donors (Lipinski definition) is 1. The van der Waals surface area contributed by atoms with Crippen molar-refractivity contribution in [2.24, 2.45) is 0 Å². The molecule has 0 atom stereocenters. The lowest BCUT2D eigenvalue weighted by Gasteiger charge is -2.40. The zero-order chi connectivity index (χ0) is 22.9. The Labute approximate surface area is 193 Å². The maximum absolute atomic E-state index is 13.2. The average Bonchev–Trinajstić information content (AvgIpc) is 3.29. The van der Waals surface area contributed by atoms with Crippen molar-refractivity contribution >= 4 is 34.0 Å². The maximum atomic E-state index is 13.2. The van der Waals surface area contributed by atoms with Gasteiger partial charge in [0.05, 0.1) is 22.7 Å². The van der Waals surface area contributed by atoms with Crippen LogP contribution in [0.3, 0.4) is 0 Å². The molecule has 1 aromatic carbocycles. The van der Waals surface area contributed by atoms with Crippen molar-refractivity contribution < 1.29 is 23.1 Å². The van der Waals surface area contributed by atoms with Gasteiger partial charge in [0, 0.05) is 50.8 Å². The lowest BCUT2D eigenvalue weighted by atomic mass is 9.83. The van der Waals surface area contributed by atoms with Crippen molar-refractivity contribution in [3.8, 4) is 0 Å². The zero-order valence-electron chi connectivity index (χ0n) is 17.3. The third-order valence-electron chi connectivity index (χ3n) is 6.17. The lowest BCUT2D eigenvalue weighted by molar-refractivity contribution is -0.137. The Morgan fingerprint density at radius 2 is 1.84 bits per heavy atom. The molecule has 0 aliphatic carbocycles. The Morgan fingerprint density at radius 3 is 2.44 bits per heavy atom. The van der Waals surface area contributed by atoms with Crippen molar-refractivity contribution in [2.75, 3.05) is 50.7 Å². The summed E-state index contributed by atoms with van der Waals surface area (Å²) in [5, 5.41) is 13.5. The molecule has 1 amide bonds. The standard InChI is InChI=1S/C21H24ClF3N4O2S/c22-17-2-1-15(13-16(17)21(23,24)25)20(31)3-6-28(7-4-20)18(30)14-27-8-10-29(11-9-27)19-26-5-12-32-19/h1-2,5,12-13,31H,3-4,6-11,14H2. The zero-order valence-corrected chi connectivity index (χ0v) is 18.9. The molecule has 2 saturated heterocycles. The van der Waals surface area contributed by atoms with Crippen LogP contribution in [0.4, 0.5) is 18.3 Å². The summed E-state index contributed by atoms with van der Waals surface area (Å²) >= 11 is 7.29. The van der Waals surface area contributed by atoms with Crippen LogP contribution in [0.15, 0.2) is 29.8 Å². The Hall–Kier alpha value is -1.88. The molecule has 6 nitrogen and oxygen atoms in total. The van der Waals surface area contributed by atoms with Crippen molar-refractivity contribution in [3.63, 3.8) is 0 Å². The van der Waals surface area contributed by atoms with Gasteiger partial charge >= 0.3 is 6.18 Å². The fourth-order valence-corrected chi connectivity index (χ4v) is 5.13. The van der Waals surface area contributed by atoms with E-state index >= 15 is 0 Å². The van der Waals surface area contributed by atoms with Gasteiger partial charge in [-0.1, -0.05) is 17.7 Å².